The molecule has 2 fully saturated rings. The summed E-state index contributed by atoms with van der Waals surface area (Å²) in [6.45, 7) is 3.61. The van der Waals surface area contributed by atoms with E-state index in [2.05, 4.69) is 0 Å². The standard InChI is InChI=1S/C32H38O6/c1-21(23-11-3-4-12-23)37-29(33)19-35-31-25-15-7-9-17-27(25)32(28-18-10-8-16-26(28)31)36-20-30(34)38-22(2)24-13-5-6-14-24/h7-10,15-18,21-24H,3-6,11-14,19-20H2,1-2H3. The summed E-state index contributed by atoms with van der Waals surface area (Å²) in [7, 11) is 0. The number of hydrogen-bond donors (Lipinski definition) is 0. The number of carbonyl (C=O) groups excluding carboxylic acids is 2. The molecule has 0 aromatic heterocycles. The van der Waals surface area contributed by atoms with Gasteiger partial charge in [0.2, 0.25) is 0 Å². The third-order valence-corrected chi connectivity index (χ3v) is 8.26. The van der Waals surface area contributed by atoms with Crippen LogP contribution in [0.25, 0.3) is 21.5 Å². The lowest BCUT2D eigenvalue weighted by atomic mass is 10.0. The van der Waals surface area contributed by atoms with E-state index in [4.69, 9.17) is 18.9 Å². The molecule has 0 amide bonds. The minimum absolute atomic E-state index is 0.103. The monoisotopic (exact) mass is 518 g/mol. The summed E-state index contributed by atoms with van der Waals surface area (Å²) in [5.74, 6) is 1.35. The lowest BCUT2D eigenvalue weighted by Crippen LogP contribution is -2.26. The van der Waals surface area contributed by atoms with Gasteiger partial charge in [0.1, 0.15) is 23.7 Å². The van der Waals surface area contributed by atoms with E-state index >= 15 is 0 Å². The van der Waals surface area contributed by atoms with Gasteiger partial charge >= 0.3 is 11.9 Å². The quantitative estimate of drug-likeness (QED) is 0.213. The molecule has 6 heteroatoms. The van der Waals surface area contributed by atoms with Crippen molar-refractivity contribution in [3.63, 3.8) is 0 Å². The van der Waals surface area contributed by atoms with Crippen LogP contribution in [0.1, 0.15) is 65.2 Å². The Bertz CT molecular complexity index is 1120. The minimum Gasteiger partial charge on any atom is -0.481 e. The van der Waals surface area contributed by atoms with Crippen molar-refractivity contribution in [3.05, 3.63) is 48.5 Å². The van der Waals surface area contributed by atoms with Crippen LogP contribution in [0.3, 0.4) is 0 Å². The first-order valence-corrected chi connectivity index (χ1v) is 14.1. The fourth-order valence-electron chi connectivity index (χ4n) is 6.15. The van der Waals surface area contributed by atoms with Crippen molar-refractivity contribution in [2.75, 3.05) is 13.2 Å². The predicted molar refractivity (Wildman–Crippen MR) is 147 cm³/mol. The van der Waals surface area contributed by atoms with Gasteiger partial charge in [0.15, 0.2) is 13.2 Å². The van der Waals surface area contributed by atoms with Crippen molar-refractivity contribution in [2.45, 2.75) is 77.4 Å². The van der Waals surface area contributed by atoms with E-state index in [9.17, 15) is 9.59 Å². The molecule has 5 rings (SSSR count). The van der Waals surface area contributed by atoms with Gasteiger partial charge in [-0.2, -0.15) is 0 Å². The van der Waals surface area contributed by atoms with Gasteiger partial charge in [0, 0.05) is 21.5 Å². The van der Waals surface area contributed by atoms with E-state index in [1.54, 1.807) is 0 Å². The van der Waals surface area contributed by atoms with Gasteiger partial charge in [0.25, 0.3) is 0 Å². The van der Waals surface area contributed by atoms with Crippen molar-refractivity contribution < 1.29 is 28.5 Å². The maximum atomic E-state index is 12.7. The van der Waals surface area contributed by atoms with Crippen LogP contribution in [0.5, 0.6) is 11.5 Å². The molecule has 3 aromatic rings. The molecule has 38 heavy (non-hydrogen) atoms. The molecule has 0 aliphatic heterocycles. The smallest absolute Gasteiger partial charge is 0.344 e. The molecule has 6 nitrogen and oxygen atoms in total. The van der Waals surface area contributed by atoms with Crippen LogP contribution in [0.15, 0.2) is 48.5 Å². The van der Waals surface area contributed by atoms with E-state index in [1.165, 1.54) is 25.7 Å². The molecule has 0 N–H and O–H groups in total. The van der Waals surface area contributed by atoms with Crippen LogP contribution in [0, 0.1) is 11.8 Å². The Balaban J connectivity index is 1.34. The fraction of sp³-hybridized carbons (Fsp3) is 0.500. The second kappa shape index (κ2) is 12.1. The summed E-state index contributed by atoms with van der Waals surface area (Å²) in [5, 5.41) is 3.24. The second-order valence-electron chi connectivity index (χ2n) is 10.8. The zero-order valence-corrected chi connectivity index (χ0v) is 22.4. The molecule has 0 saturated heterocycles. The highest BCUT2D eigenvalue weighted by Crippen LogP contribution is 2.42. The van der Waals surface area contributed by atoms with Crippen LogP contribution in [0.2, 0.25) is 0 Å². The summed E-state index contributed by atoms with van der Waals surface area (Å²) in [6, 6.07) is 15.5. The first-order valence-electron chi connectivity index (χ1n) is 14.1. The summed E-state index contributed by atoms with van der Waals surface area (Å²) in [6.07, 6.45) is 9.04. The summed E-state index contributed by atoms with van der Waals surface area (Å²) in [5.41, 5.74) is 0. The first-order chi connectivity index (χ1) is 18.5. The lowest BCUT2D eigenvalue weighted by molar-refractivity contribution is -0.154. The Kier molecular flexibility index (Phi) is 8.35. The van der Waals surface area contributed by atoms with E-state index in [-0.39, 0.29) is 37.4 Å². The molecule has 3 aromatic carbocycles. The molecule has 2 atom stereocenters. The van der Waals surface area contributed by atoms with Gasteiger partial charge in [-0.25, -0.2) is 9.59 Å². The van der Waals surface area contributed by atoms with Crippen LogP contribution >= 0.6 is 0 Å². The van der Waals surface area contributed by atoms with E-state index < -0.39 is 0 Å². The highest BCUT2D eigenvalue weighted by molar-refractivity contribution is 6.11. The Labute approximate surface area is 224 Å². The van der Waals surface area contributed by atoms with Crippen molar-refractivity contribution in [2.24, 2.45) is 11.8 Å². The number of esters is 2. The van der Waals surface area contributed by atoms with Crippen molar-refractivity contribution in [1.82, 2.24) is 0 Å². The summed E-state index contributed by atoms with van der Waals surface area (Å²) in [4.78, 5) is 25.3. The molecule has 2 saturated carbocycles. The third-order valence-electron chi connectivity index (χ3n) is 8.26. The van der Waals surface area contributed by atoms with Gasteiger partial charge in [-0.3, -0.25) is 0 Å². The maximum Gasteiger partial charge on any atom is 0.344 e. The Morgan fingerprint density at radius 2 is 0.947 bits per heavy atom. The van der Waals surface area contributed by atoms with E-state index in [0.717, 1.165) is 47.2 Å². The molecule has 202 valence electrons. The molecular weight excluding hydrogens is 480 g/mol. The molecule has 2 aliphatic carbocycles. The molecule has 2 unspecified atom stereocenters. The van der Waals surface area contributed by atoms with E-state index in [1.807, 2.05) is 62.4 Å². The molecule has 0 radical (unpaired) electrons. The van der Waals surface area contributed by atoms with Crippen LogP contribution in [0.4, 0.5) is 0 Å². The summed E-state index contributed by atoms with van der Waals surface area (Å²) >= 11 is 0. The maximum absolute atomic E-state index is 12.7. The molecule has 0 spiro atoms. The number of rotatable bonds is 10. The van der Waals surface area contributed by atoms with Crippen LogP contribution in [-0.2, 0) is 19.1 Å². The minimum atomic E-state index is -0.364. The van der Waals surface area contributed by atoms with Crippen LogP contribution < -0.4 is 9.47 Å². The van der Waals surface area contributed by atoms with Crippen molar-refractivity contribution in [3.8, 4) is 11.5 Å². The second-order valence-corrected chi connectivity index (χ2v) is 10.8. The Morgan fingerprint density at radius 1 is 0.632 bits per heavy atom. The van der Waals surface area contributed by atoms with E-state index in [0.29, 0.717) is 23.3 Å². The number of carbonyl (C=O) groups is 2. The van der Waals surface area contributed by atoms with Gasteiger partial charge in [-0.05, 0) is 51.4 Å². The lowest BCUT2D eigenvalue weighted by Gasteiger charge is -2.21. The predicted octanol–water partition coefficient (Wildman–Crippen LogP) is 6.99. The topological polar surface area (TPSA) is 71.1 Å². The third kappa shape index (κ3) is 5.90. The number of ether oxygens (including phenoxy) is 4. The molecule has 0 heterocycles. The molecular formula is C32H38O6. The normalized spacial score (nSPS) is 17.9. The SMILES string of the molecule is CC(OC(=O)COc1c2ccccc2c(OCC(=O)OC(C)C2CCCC2)c2ccccc12)C1CCCC1. The van der Waals surface area contributed by atoms with Crippen molar-refractivity contribution >= 4 is 33.5 Å². The van der Waals surface area contributed by atoms with Crippen LogP contribution in [-0.4, -0.2) is 37.4 Å². The van der Waals surface area contributed by atoms with Crippen molar-refractivity contribution in [1.29, 1.82) is 0 Å². The van der Waals surface area contributed by atoms with Gasteiger partial charge in [-0.15, -0.1) is 0 Å². The molecule has 0 bridgehead atoms. The Morgan fingerprint density at radius 3 is 1.26 bits per heavy atom. The average Bonchev–Trinajstić information content (AvgIpc) is 3.66. The zero-order valence-electron chi connectivity index (χ0n) is 22.4. The van der Waals surface area contributed by atoms with Gasteiger partial charge < -0.3 is 18.9 Å². The molecule has 2 aliphatic rings. The number of fused-ring (bicyclic) bond motifs is 2. The number of benzene rings is 3. The summed E-state index contributed by atoms with van der Waals surface area (Å²) < 4.78 is 23.6. The van der Waals surface area contributed by atoms with Gasteiger partial charge in [0.05, 0.1) is 0 Å². The Hall–Kier alpha value is -3.28. The highest BCUT2D eigenvalue weighted by atomic mass is 16.6. The number of hydrogen-bond acceptors (Lipinski definition) is 6. The first kappa shape index (κ1) is 26.3. The van der Waals surface area contributed by atoms with Gasteiger partial charge in [-0.1, -0.05) is 74.2 Å². The largest absolute Gasteiger partial charge is 0.481 e. The average molecular weight is 519 g/mol. The highest BCUT2D eigenvalue weighted by Gasteiger charge is 2.26. The zero-order chi connectivity index (χ0) is 26.5. The fourth-order valence-corrected chi connectivity index (χ4v) is 6.15.